The van der Waals surface area contributed by atoms with Crippen molar-refractivity contribution in [3.63, 3.8) is 0 Å². The van der Waals surface area contributed by atoms with E-state index in [1.165, 1.54) is 12.1 Å². The largest absolute Gasteiger partial charge is 0.478 e. The second-order valence-electron chi connectivity index (χ2n) is 4.03. The zero-order chi connectivity index (χ0) is 13.6. The fourth-order valence-corrected chi connectivity index (χ4v) is 2.09. The lowest BCUT2D eigenvalue weighted by molar-refractivity contribution is 0.0652. The third kappa shape index (κ3) is 1.65. The molecule has 6 heteroatoms. The zero-order valence-electron chi connectivity index (χ0n) is 9.54. The number of ether oxygens (including phenoxy) is 2. The molecule has 19 heavy (non-hydrogen) atoms. The summed E-state index contributed by atoms with van der Waals surface area (Å²) in [4.78, 5) is 22.2. The number of hydrogen-bond donors (Lipinski definition) is 2. The van der Waals surface area contributed by atoms with Crippen molar-refractivity contribution in [2.24, 2.45) is 0 Å². The summed E-state index contributed by atoms with van der Waals surface area (Å²) >= 11 is 0. The van der Waals surface area contributed by atoms with Gasteiger partial charge < -0.3 is 19.7 Å². The monoisotopic (exact) mass is 260 g/mol. The Morgan fingerprint density at radius 1 is 1.00 bits per heavy atom. The van der Waals surface area contributed by atoms with Crippen LogP contribution in [0.4, 0.5) is 0 Å². The van der Waals surface area contributed by atoms with Crippen molar-refractivity contribution in [1.82, 2.24) is 0 Å². The maximum absolute atomic E-state index is 11.1. The molecular weight excluding hydrogens is 252 g/mol. The van der Waals surface area contributed by atoms with Gasteiger partial charge in [-0.3, -0.25) is 0 Å². The number of aromatic carboxylic acids is 2. The van der Waals surface area contributed by atoms with Gasteiger partial charge in [0.15, 0.2) is 11.5 Å². The molecule has 0 amide bonds. The Bertz CT molecular complexity index is 719. The summed E-state index contributed by atoms with van der Waals surface area (Å²) in [6.45, 7) is 0.0670. The molecular formula is C13H8O6. The number of benzene rings is 2. The Morgan fingerprint density at radius 2 is 1.68 bits per heavy atom. The predicted octanol–water partition coefficient (Wildman–Crippen LogP) is 1.96. The lowest BCUT2D eigenvalue weighted by atomic mass is 10.00. The van der Waals surface area contributed by atoms with Crippen LogP contribution in [-0.4, -0.2) is 28.9 Å². The van der Waals surface area contributed by atoms with Crippen molar-refractivity contribution < 1.29 is 29.3 Å². The lowest BCUT2D eigenvalue weighted by Crippen LogP contribution is -2.08. The van der Waals surface area contributed by atoms with E-state index in [4.69, 9.17) is 19.7 Å². The van der Waals surface area contributed by atoms with E-state index in [0.29, 0.717) is 22.3 Å². The highest BCUT2D eigenvalue weighted by Crippen LogP contribution is 2.40. The molecule has 0 spiro atoms. The summed E-state index contributed by atoms with van der Waals surface area (Å²) in [5.74, 6) is -1.61. The average Bonchev–Trinajstić information content (AvgIpc) is 2.85. The van der Waals surface area contributed by atoms with Gasteiger partial charge in [0, 0.05) is 5.39 Å². The molecule has 1 heterocycles. The molecule has 0 unspecified atom stereocenters. The topological polar surface area (TPSA) is 93.1 Å². The maximum Gasteiger partial charge on any atom is 0.336 e. The summed E-state index contributed by atoms with van der Waals surface area (Å²) in [5, 5.41) is 19.3. The molecule has 2 N–H and O–H groups in total. The van der Waals surface area contributed by atoms with Crippen LogP contribution in [0.2, 0.25) is 0 Å². The summed E-state index contributed by atoms with van der Waals surface area (Å²) in [5.41, 5.74) is -0.525. The molecule has 0 atom stereocenters. The minimum Gasteiger partial charge on any atom is -0.478 e. The zero-order valence-corrected chi connectivity index (χ0v) is 9.54. The van der Waals surface area contributed by atoms with Crippen LogP contribution in [0.25, 0.3) is 10.8 Å². The highest BCUT2D eigenvalue weighted by molar-refractivity contribution is 6.07. The standard InChI is InChI=1S/C13H8O6/c14-12(15)8-3-6-1-2-10-11(19-5-18-10)7(6)4-9(8)13(16)17/h1-4H,5H2,(H,14,15)(H,16,17). The molecule has 0 saturated heterocycles. The number of carboxylic acid groups (broad SMARTS) is 2. The molecule has 1 aliphatic rings. The van der Waals surface area contributed by atoms with E-state index >= 15 is 0 Å². The Morgan fingerprint density at radius 3 is 2.37 bits per heavy atom. The van der Waals surface area contributed by atoms with Gasteiger partial charge in [-0.15, -0.1) is 0 Å². The third-order valence-electron chi connectivity index (χ3n) is 2.95. The van der Waals surface area contributed by atoms with Crippen LogP contribution in [0.15, 0.2) is 24.3 Å². The van der Waals surface area contributed by atoms with E-state index in [2.05, 4.69) is 0 Å². The van der Waals surface area contributed by atoms with Gasteiger partial charge in [0.05, 0.1) is 11.1 Å². The molecule has 6 nitrogen and oxygen atoms in total. The van der Waals surface area contributed by atoms with E-state index in [0.717, 1.165) is 0 Å². The minimum atomic E-state index is -1.30. The quantitative estimate of drug-likeness (QED) is 0.857. The molecule has 0 bridgehead atoms. The fraction of sp³-hybridized carbons (Fsp3) is 0.0769. The van der Waals surface area contributed by atoms with Gasteiger partial charge in [-0.1, -0.05) is 6.07 Å². The lowest BCUT2D eigenvalue weighted by Gasteiger charge is -2.07. The Labute approximate surface area is 106 Å². The average molecular weight is 260 g/mol. The van der Waals surface area contributed by atoms with Crippen LogP contribution in [0.5, 0.6) is 11.5 Å². The number of hydrogen-bond acceptors (Lipinski definition) is 4. The van der Waals surface area contributed by atoms with Gasteiger partial charge in [0.2, 0.25) is 6.79 Å². The van der Waals surface area contributed by atoms with Crippen molar-refractivity contribution in [2.75, 3.05) is 6.79 Å². The smallest absolute Gasteiger partial charge is 0.336 e. The first-order valence-electron chi connectivity index (χ1n) is 5.41. The first-order chi connectivity index (χ1) is 9.08. The summed E-state index contributed by atoms with van der Waals surface area (Å²) in [7, 11) is 0. The molecule has 0 aromatic heterocycles. The van der Waals surface area contributed by atoms with Crippen LogP contribution < -0.4 is 9.47 Å². The van der Waals surface area contributed by atoms with Gasteiger partial charge in [0.1, 0.15) is 0 Å². The van der Waals surface area contributed by atoms with E-state index in [-0.39, 0.29) is 17.9 Å². The van der Waals surface area contributed by atoms with Crippen LogP contribution in [0.1, 0.15) is 20.7 Å². The van der Waals surface area contributed by atoms with Crippen LogP contribution in [-0.2, 0) is 0 Å². The maximum atomic E-state index is 11.1. The molecule has 0 fully saturated rings. The van der Waals surface area contributed by atoms with Gasteiger partial charge in [0.25, 0.3) is 0 Å². The van der Waals surface area contributed by atoms with E-state index < -0.39 is 11.9 Å². The molecule has 2 aromatic carbocycles. The SMILES string of the molecule is O=C(O)c1cc2ccc3c(c2cc1C(=O)O)OCO3. The van der Waals surface area contributed by atoms with Crippen LogP contribution in [0.3, 0.4) is 0 Å². The Kier molecular flexibility index (Phi) is 2.31. The van der Waals surface area contributed by atoms with E-state index in [9.17, 15) is 9.59 Å². The normalized spacial score (nSPS) is 12.6. The minimum absolute atomic E-state index is 0.0670. The van der Waals surface area contributed by atoms with E-state index in [1.54, 1.807) is 12.1 Å². The molecule has 0 radical (unpaired) electrons. The Hall–Kier alpha value is -2.76. The molecule has 0 saturated carbocycles. The highest BCUT2D eigenvalue weighted by Gasteiger charge is 2.22. The second kappa shape index (κ2) is 3.88. The van der Waals surface area contributed by atoms with Crippen molar-refractivity contribution in [2.45, 2.75) is 0 Å². The summed E-state index contributed by atoms with van der Waals surface area (Å²) in [6.07, 6.45) is 0. The first kappa shape index (κ1) is 11.3. The first-order valence-corrected chi connectivity index (χ1v) is 5.41. The molecule has 96 valence electrons. The van der Waals surface area contributed by atoms with Gasteiger partial charge in [-0.25, -0.2) is 9.59 Å². The molecule has 1 aliphatic heterocycles. The number of fused-ring (bicyclic) bond motifs is 3. The predicted molar refractivity (Wildman–Crippen MR) is 64.0 cm³/mol. The Balaban J connectivity index is 2.37. The van der Waals surface area contributed by atoms with Gasteiger partial charge in [-0.05, 0) is 23.6 Å². The molecule has 0 aliphatic carbocycles. The number of carboxylic acids is 2. The summed E-state index contributed by atoms with van der Waals surface area (Å²) < 4.78 is 10.5. The molecule has 3 rings (SSSR count). The second-order valence-corrected chi connectivity index (χ2v) is 4.03. The highest BCUT2D eigenvalue weighted by atomic mass is 16.7. The third-order valence-corrected chi connectivity index (χ3v) is 2.95. The number of carbonyl (C=O) groups is 2. The van der Waals surface area contributed by atoms with Gasteiger partial charge >= 0.3 is 11.9 Å². The van der Waals surface area contributed by atoms with Crippen molar-refractivity contribution >= 4 is 22.7 Å². The van der Waals surface area contributed by atoms with Crippen molar-refractivity contribution in [3.8, 4) is 11.5 Å². The van der Waals surface area contributed by atoms with Crippen molar-refractivity contribution in [1.29, 1.82) is 0 Å². The summed E-state index contributed by atoms with van der Waals surface area (Å²) in [6, 6.07) is 5.95. The number of rotatable bonds is 2. The van der Waals surface area contributed by atoms with Crippen LogP contribution in [0, 0.1) is 0 Å². The van der Waals surface area contributed by atoms with Crippen LogP contribution >= 0.6 is 0 Å². The van der Waals surface area contributed by atoms with Crippen molar-refractivity contribution in [3.05, 3.63) is 35.4 Å². The molecule has 2 aromatic rings. The van der Waals surface area contributed by atoms with Gasteiger partial charge in [-0.2, -0.15) is 0 Å². The van der Waals surface area contributed by atoms with E-state index in [1.807, 2.05) is 0 Å². The fourth-order valence-electron chi connectivity index (χ4n) is 2.09.